The Bertz CT molecular complexity index is 382. The van der Waals surface area contributed by atoms with Crippen LogP contribution in [0.15, 0.2) is 22.7 Å². The van der Waals surface area contributed by atoms with Gasteiger partial charge in [-0.3, -0.25) is 0 Å². The van der Waals surface area contributed by atoms with E-state index in [2.05, 4.69) is 40.3 Å². The maximum atomic E-state index is 5.26. The number of rotatable bonds is 5. The van der Waals surface area contributed by atoms with Crippen LogP contribution in [0.1, 0.15) is 38.2 Å². The van der Waals surface area contributed by atoms with Crippen LogP contribution in [-0.2, 0) is 6.54 Å². The van der Waals surface area contributed by atoms with Gasteiger partial charge < -0.3 is 10.1 Å². The number of hydrogen-bond donors (Lipinski definition) is 1. The molecule has 0 aliphatic heterocycles. The summed E-state index contributed by atoms with van der Waals surface area (Å²) in [5.74, 6) is 0.921. The van der Waals surface area contributed by atoms with E-state index in [9.17, 15) is 0 Å². The number of halogens is 1. The zero-order valence-electron chi connectivity index (χ0n) is 10.6. The molecule has 1 saturated carbocycles. The Balaban J connectivity index is 2.02. The van der Waals surface area contributed by atoms with Crippen LogP contribution in [-0.4, -0.2) is 12.6 Å². The summed E-state index contributed by atoms with van der Waals surface area (Å²) in [6.07, 6.45) is 5.20. The summed E-state index contributed by atoms with van der Waals surface area (Å²) in [6.45, 7) is 3.18. The molecule has 0 saturated heterocycles. The molecule has 94 valence electrons. The largest absolute Gasteiger partial charge is 0.497 e. The fourth-order valence-electron chi connectivity index (χ4n) is 2.36. The van der Waals surface area contributed by atoms with E-state index in [1.54, 1.807) is 7.11 Å². The normalized spacial score (nSPS) is 17.6. The second kappa shape index (κ2) is 5.40. The van der Waals surface area contributed by atoms with Crippen molar-refractivity contribution in [2.45, 2.75) is 44.7 Å². The first-order chi connectivity index (χ1) is 8.19. The summed E-state index contributed by atoms with van der Waals surface area (Å²) in [5, 5.41) is 3.71. The zero-order valence-corrected chi connectivity index (χ0v) is 12.1. The first-order valence-corrected chi connectivity index (χ1v) is 7.06. The minimum atomic E-state index is 0.391. The third kappa shape index (κ3) is 2.83. The summed E-state index contributed by atoms with van der Waals surface area (Å²) in [6, 6.07) is 6.13. The Morgan fingerprint density at radius 1 is 1.41 bits per heavy atom. The van der Waals surface area contributed by atoms with Crippen molar-refractivity contribution >= 4 is 15.9 Å². The molecule has 0 heterocycles. The Hall–Kier alpha value is -0.540. The van der Waals surface area contributed by atoms with Crippen LogP contribution in [0.3, 0.4) is 0 Å². The number of hydrogen-bond acceptors (Lipinski definition) is 2. The topological polar surface area (TPSA) is 21.3 Å². The lowest BCUT2D eigenvalue weighted by Crippen LogP contribution is -2.49. The fraction of sp³-hybridized carbons (Fsp3) is 0.571. The van der Waals surface area contributed by atoms with Crippen LogP contribution in [0.25, 0.3) is 0 Å². The van der Waals surface area contributed by atoms with Crippen LogP contribution in [0.2, 0.25) is 0 Å². The quantitative estimate of drug-likeness (QED) is 0.890. The van der Waals surface area contributed by atoms with Gasteiger partial charge in [0.05, 0.1) is 7.11 Å². The van der Waals surface area contributed by atoms with Crippen molar-refractivity contribution in [3.05, 3.63) is 28.2 Å². The zero-order chi connectivity index (χ0) is 12.3. The van der Waals surface area contributed by atoms with Gasteiger partial charge in [-0.05, 0) is 49.4 Å². The third-order valence-corrected chi connectivity index (χ3v) is 4.67. The van der Waals surface area contributed by atoms with Crippen molar-refractivity contribution in [1.29, 1.82) is 0 Å². The van der Waals surface area contributed by atoms with Gasteiger partial charge in [0, 0.05) is 16.6 Å². The van der Waals surface area contributed by atoms with Gasteiger partial charge in [0.15, 0.2) is 0 Å². The highest BCUT2D eigenvalue weighted by molar-refractivity contribution is 9.10. The lowest BCUT2D eigenvalue weighted by atomic mass is 9.75. The van der Waals surface area contributed by atoms with Crippen molar-refractivity contribution in [3.63, 3.8) is 0 Å². The van der Waals surface area contributed by atoms with Gasteiger partial charge in [-0.25, -0.2) is 0 Å². The molecule has 1 aromatic rings. The molecule has 3 heteroatoms. The minimum absolute atomic E-state index is 0.391. The van der Waals surface area contributed by atoms with E-state index in [1.807, 2.05) is 6.07 Å². The van der Waals surface area contributed by atoms with Crippen LogP contribution >= 0.6 is 15.9 Å². The first kappa shape index (κ1) is 12.9. The highest BCUT2D eigenvalue weighted by Crippen LogP contribution is 2.35. The predicted octanol–water partition coefficient (Wildman–Crippen LogP) is 3.88. The van der Waals surface area contributed by atoms with E-state index >= 15 is 0 Å². The number of benzene rings is 1. The van der Waals surface area contributed by atoms with Crippen molar-refractivity contribution in [1.82, 2.24) is 5.32 Å². The van der Waals surface area contributed by atoms with Crippen molar-refractivity contribution < 1.29 is 4.74 Å². The number of methoxy groups -OCH3 is 1. The summed E-state index contributed by atoms with van der Waals surface area (Å²) in [4.78, 5) is 0. The second-order valence-electron chi connectivity index (χ2n) is 4.80. The maximum Gasteiger partial charge on any atom is 0.119 e. The Morgan fingerprint density at radius 2 is 2.18 bits per heavy atom. The first-order valence-electron chi connectivity index (χ1n) is 6.26. The summed E-state index contributed by atoms with van der Waals surface area (Å²) >= 11 is 3.59. The highest BCUT2D eigenvalue weighted by atomic mass is 79.9. The molecule has 2 nitrogen and oxygen atoms in total. The molecule has 1 aromatic carbocycles. The van der Waals surface area contributed by atoms with E-state index in [0.717, 1.165) is 16.8 Å². The molecular formula is C14H20BrNO. The molecule has 0 atom stereocenters. The Kier molecular flexibility index (Phi) is 4.10. The molecule has 0 bridgehead atoms. The maximum absolute atomic E-state index is 5.26. The third-order valence-electron chi connectivity index (χ3n) is 3.89. The molecule has 1 N–H and O–H groups in total. The van der Waals surface area contributed by atoms with Crippen molar-refractivity contribution in [2.24, 2.45) is 0 Å². The summed E-state index contributed by atoms with van der Waals surface area (Å²) in [7, 11) is 1.71. The smallest absolute Gasteiger partial charge is 0.119 e. The van der Waals surface area contributed by atoms with Crippen LogP contribution in [0, 0.1) is 0 Å². The van der Waals surface area contributed by atoms with Gasteiger partial charge in [-0.2, -0.15) is 0 Å². The van der Waals surface area contributed by atoms with Crippen LogP contribution in [0.4, 0.5) is 0 Å². The molecule has 0 aromatic heterocycles. The summed E-state index contributed by atoms with van der Waals surface area (Å²) in [5.41, 5.74) is 1.66. The average Bonchev–Trinajstić information content (AvgIpc) is 2.30. The Morgan fingerprint density at radius 3 is 2.71 bits per heavy atom. The Labute approximate surface area is 112 Å². The lowest BCUT2D eigenvalue weighted by Gasteiger charge is -2.42. The number of nitrogens with one attached hydrogen (secondary N) is 1. The molecule has 0 unspecified atom stereocenters. The summed E-state index contributed by atoms with van der Waals surface area (Å²) < 4.78 is 6.41. The van der Waals surface area contributed by atoms with Gasteiger partial charge in [0.1, 0.15) is 5.75 Å². The molecule has 2 rings (SSSR count). The number of ether oxygens (including phenoxy) is 1. The standard InChI is InChI=1S/C14H20BrNO/c1-3-14(7-4-8-14)16-10-11-9-12(17-2)5-6-13(11)15/h5-6,9,16H,3-4,7-8,10H2,1-2H3. The van der Waals surface area contributed by atoms with Crippen LogP contribution in [0.5, 0.6) is 5.75 Å². The van der Waals surface area contributed by atoms with E-state index in [0.29, 0.717) is 5.54 Å². The average molecular weight is 298 g/mol. The molecule has 1 aliphatic carbocycles. The van der Waals surface area contributed by atoms with Crippen LogP contribution < -0.4 is 10.1 Å². The van der Waals surface area contributed by atoms with E-state index < -0.39 is 0 Å². The lowest BCUT2D eigenvalue weighted by molar-refractivity contribution is 0.175. The van der Waals surface area contributed by atoms with Gasteiger partial charge in [0.2, 0.25) is 0 Å². The van der Waals surface area contributed by atoms with Gasteiger partial charge in [-0.1, -0.05) is 22.9 Å². The molecule has 0 spiro atoms. The second-order valence-corrected chi connectivity index (χ2v) is 5.65. The minimum Gasteiger partial charge on any atom is -0.497 e. The molecule has 0 amide bonds. The fourth-order valence-corrected chi connectivity index (χ4v) is 2.74. The molecule has 1 aliphatic rings. The molecule has 17 heavy (non-hydrogen) atoms. The molecule has 1 fully saturated rings. The monoisotopic (exact) mass is 297 g/mol. The van der Waals surface area contributed by atoms with Crippen molar-refractivity contribution in [2.75, 3.05) is 7.11 Å². The molecule has 0 radical (unpaired) electrons. The van der Waals surface area contributed by atoms with E-state index in [-0.39, 0.29) is 0 Å². The predicted molar refractivity (Wildman–Crippen MR) is 74.4 cm³/mol. The van der Waals surface area contributed by atoms with Gasteiger partial charge in [0.25, 0.3) is 0 Å². The molecular weight excluding hydrogens is 278 g/mol. The van der Waals surface area contributed by atoms with Gasteiger partial charge in [-0.15, -0.1) is 0 Å². The van der Waals surface area contributed by atoms with Crippen molar-refractivity contribution in [3.8, 4) is 5.75 Å². The SMILES string of the molecule is CCC1(NCc2cc(OC)ccc2Br)CCC1. The van der Waals surface area contributed by atoms with E-state index in [4.69, 9.17) is 4.74 Å². The van der Waals surface area contributed by atoms with Gasteiger partial charge >= 0.3 is 0 Å². The van der Waals surface area contributed by atoms with E-state index in [1.165, 1.54) is 31.2 Å². The highest BCUT2D eigenvalue weighted by Gasteiger charge is 2.34.